The molecule has 66 valence electrons. The van der Waals surface area contributed by atoms with Gasteiger partial charge in [-0.1, -0.05) is 0 Å². The third-order valence-corrected chi connectivity index (χ3v) is 1.60. The highest BCUT2D eigenvalue weighted by Crippen LogP contribution is 2.01. The van der Waals surface area contributed by atoms with Crippen LogP contribution in [0, 0.1) is 0 Å². The molecule has 0 saturated heterocycles. The van der Waals surface area contributed by atoms with E-state index in [4.69, 9.17) is 5.73 Å². The van der Waals surface area contributed by atoms with Crippen molar-refractivity contribution in [3.05, 3.63) is 18.0 Å². The Hall–Kier alpha value is -1.16. The van der Waals surface area contributed by atoms with Gasteiger partial charge in [-0.25, -0.2) is 9.97 Å². The Morgan fingerprint density at radius 2 is 2.08 bits per heavy atom. The first kappa shape index (κ1) is 8.93. The van der Waals surface area contributed by atoms with Crippen LogP contribution < -0.4 is 11.1 Å². The van der Waals surface area contributed by atoms with Gasteiger partial charge in [-0.2, -0.15) is 0 Å². The zero-order valence-electron chi connectivity index (χ0n) is 7.25. The van der Waals surface area contributed by atoms with Crippen LogP contribution in [0.5, 0.6) is 0 Å². The van der Waals surface area contributed by atoms with Gasteiger partial charge in [-0.3, -0.25) is 0 Å². The van der Waals surface area contributed by atoms with Crippen LogP contribution in [-0.2, 0) is 6.42 Å². The summed E-state index contributed by atoms with van der Waals surface area (Å²) in [5, 5.41) is 2.86. The van der Waals surface area contributed by atoms with Crippen molar-refractivity contribution in [1.82, 2.24) is 9.97 Å². The van der Waals surface area contributed by atoms with Crippen molar-refractivity contribution in [3.8, 4) is 0 Å². The lowest BCUT2D eigenvalue weighted by Gasteiger charge is -2.00. The molecule has 0 saturated carbocycles. The van der Waals surface area contributed by atoms with E-state index in [0.29, 0.717) is 12.5 Å². The number of hydrogen-bond acceptors (Lipinski definition) is 4. The molecule has 0 aliphatic rings. The maximum Gasteiger partial charge on any atom is 0.222 e. The Labute approximate surface area is 72.2 Å². The van der Waals surface area contributed by atoms with E-state index in [9.17, 15) is 0 Å². The highest BCUT2D eigenvalue weighted by atomic mass is 15.1. The summed E-state index contributed by atoms with van der Waals surface area (Å²) < 4.78 is 0. The molecule has 0 radical (unpaired) electrons. The largest absolute Gasteiger partial charge is 0.357 e. The molecule has 0 fully saturated rings. The number of aromatic nitrogens is 2. The third kappa shape index (κ3) is 2.47. The van der Waals surface area contributed by atoms with Crippen molar-refractivity contribution in [1.29, 1.82) is 0 Å². The van der Waals surface area contributed by atoms with Crippen LogP contribution in [0.1, 0.15) is 12.0 Å². The van der Waals surface area contributed by atoms with Crippen LogP contribution in [0.3, 0.4) is 0 Å². The standard InChI is InChI=1S/C8H14N4/c1-10-8-11-5-7(6-12-8)3-2-4-9/h5-6H,2-4,9H2,1H3,(H,10,11,12). The Morgan fingerprint density at radius 1 is 1.42 bits per heavy atom. The summed E-state index contributed by atoms with van der Waals surface area (Å²) >= 11 is 0. The van der Waals surface area contributed by atoms with Crippen LogP contribution in [0.2, 0.25) is 0 Å². The fourth-order valence-corrected chi connectivity index (χ4v) is 0.919. The number of nitrogens with zero attached hydrogens (tertiary/aromatic N) is 2. The Morgan fingerprint density at radius 3 is 2.58 bits per heavy atom. The van der Waals surface area contributed by atoms with Crippen molar-refractivity contribution < 1.29 is 0 Å². The van der Waals surface area contributed by atoms with Gasteiger partial charge in [0, 0.05) is 19.4 Å². The molecule has 0 atom stereocenters. The normalized spacial score (nSPS) is 9.83. The topological polar surface area (TPSA) is 63.8 Å². The van der Waals surface area contributed by atoms with Crippen LogP contribution in [0.15, 0.2) is 12.4 Å². The molecule has 1 aromatic rings. The average molecular weight is 166 g/mol. The number of hydrogen-bond donors (Lipinski definition) is 2. The molecule has 4 nitrogen and oxygen atoms in total. The molecule has 0 aliphatic carbocycles. The monoisotopic (exact) mass is 166 g/mol. The molecule has 0 unspecified atom stereocenters. The average Bonchev–Trinajstić information content (AvgIpc) is 2.15. The molecule has 0 aromatic carbocycles. The zero-order chi connectivity index (χ0) is 8.81. The minimum absolute atomic E-state index is 0.659. The molecule has 0 aliphatic heterocycles. The number of rotatable bonds is 4. The van der Waals surface area contributed by atoms with Gasteiger partial charge in [0.05, 0.1) is 0 Å². The van der Waals surface area contributed by atoms with E-state index < -0.39 is 0 Å². The molecule has 0 bridgehead atoms. The Kier molecular flexibility index (Phi) is 3.47. The maximum atomic E-state index is 5.38. The van der Waals surface area contributed by atoms with Gasteiger partial charge in [-0.05, 0) is 24.9 Å². The Balaban J connectivity index is 2.53. The highest BCUT2D eigenvalue weighted by Gasteiger charge is 1.94. The first-order valence-corrected chi connectivity index (χ1v) is 4.05. The van der Waals surface area contributed by atoms with E-state index >= 15 is 0 Å². The van der Waals surface area contributed by atoms with Gasteiger partial charge in [-0.15, -0.1) is 0 Å². The summed E-state index contributed by atoms with van der Waals surface area (Å²) in [4.78, 5) is 8.17. The number of nitrogens with two attached hydrogens (primary N) is 1. The molecule has 0 spiro atoms. The molecule has 1 rings (SSSR count). The minimum atomic E-state index is 0.659. The van der Waals surface area contributed by atoms with E-state index in [-0.39, 0.29) is 0 Å². The number of anilines is 1. The second-order valence-corrected chi connectivity index (χ2v) is 2.56. The summed E-state index contributed by atoms with van der Waals surface area (Å²) in [6.07, 6.45) is 5.60. The van der Waals surface area contributed by atoms with Crippen LogP contribution >= 0.6 is 0 Å². The molecule has 3 N–H and O–H groups in total. The fraction of sp³-hybridized carbons (Fsp3) is 0.500. The molecule has 1 aromatic heterocycles. The van der Waals surface area contributed by atoms with Gasteiger partial charge < -0.3 is 11.1 Å². The second kappa shape index (κ2) is 4.66. The predicted octanol–water partition coefficient (Wildman–Crippen LogP) is 0.410. The summed E-state index contributed by atoms with van der Waals surface area (Å²) in [6, 6.07) is 0. The lowest BCUT2D eigenvalue weighted by Crippen LogP contribution is -2.02. The number of aryl methyl sites for hydroxylation is 1. The van der Waals surface area contributed by atoms with Crippen molar-refractivity contribution in [2.24, 2.45) is 5.73 Å². The molecule has 1 heterocycles. The van der Waals surface area contributed by atoms with E-state index in [0.717, 1.165) is 18.4 Å². The highest BCUT2D eigenvalue weighted by molar-refractivity contribution is 5.23. The summed E-state index contributed by atoms with van der Waals surface area (Å²) in [5.74, 6) is 0.659. The second-order valence-electron chi connectivity index (χ2n) is 2.56. The number of nitrogens with one attached hydrogen (secondary N) is 1. The summed E-state index contributed by atoms with van der Waals surface area (Å²) in [6.45, 7) is 0.716. The molecule has 0 amide bonds. The van der Waals surface area contributed by atoms with Crippen molar-refractivity contribution in [2.45, 2.75) is 12.8 Å². The maximum absolute atomic E-state index is 5.38. The smallest absolute Gasteiger partial charge is 0.222 e. The van der Waals surface area contributed by atoms with Crippen LogP contribution in [-0.4, -0.2) is 23.6 Å². The zero-order valence-corrected chi connectivity index (χ0v) is 7.25. The lowest BCUT2D eigenvalue weighted by molar-refractivity contribution is 0.823. The van der Waals surface area contributed by atoms with E-state index in [1.807, 2.05) is 12.4 Å². The van der Waals surface area contributed by atoms with Crippen molar-refractivity contribution in [2.75, 3.05) is 18.9 Å². The minimum Gasteiger partial charge on any atom is -0.357 e. The first-order valence-electron chi connectivity index (χ1n) is 4.05. The van der Waals surface area contributed by atoms with Gasteiger partial charge >= 0.3 is 0 Å². The molecule has 4 heteroatoms. The van der Waals surface area contributed by atoms with Crippen LogP contribution in [0.25, 0.3) is 0 Å². The molecular formula is C8H14N4. The molecular weight excluding hydrogens is 152 g/mol. The van der Waals surface area contributed by atoms with E-state index in [1.165, 1.54) is 0 Å². The third-order valence-electron chi connectivity index (χ3n) is 1.60. The van der Waals surface area contributed by atoms with Gasteiger partial charge in [0.25, 0.3) is 0 Å². The lowest BCUT2D eigenvalue weighted by atomic mass is 10.2. The predicted molar refractivity (Wildman–Crippen MR) is 49.0 cm³/mol. The molecule has 12 heavy (non-hydrogen) atoms. The SMILES string of the molecule is CNc1ncc(CCCN)cn1. The van der Waals surface area contributed by atoms with E-state index in [1.54, 1.807) is 7.05 Å². The summed E-state index contributed by atoms with van der Waals surface area (Å²) in [5.41, 5.74) is 6.52. The fourth-order valence-electron chi connectivity index (χ4n) is 0.919. The van der Waals surface area contributed by atoms with Crippen molar-refractivity contribution in [3.63, 3.8) is 0 Å². The Bertz CT molecular complexity index is 219. The van der Waals surface area contributed by atoms with Gasteiger partial charge in [0.1, 0.15) is 0 Å². The van der Waals surface area contributed by atoms with E-state index in [2.05, 4.69) is 15.3 Å². The van der Waals surface area contributed by atoms with Gasteiger partial charge in [0.15, 0.2) is 0 Å². The van der Waals surface area contributed by atoms with Crippen LogP contribution in [0.4, 0.5) is 5.95 Å². The first-order chi connectivity index (χ1) is 5.86. The quantitative estimate of drug-likeness (QED) is 0.680. The van der Waals surface area contributed by atoms with Gasteiger partial charge in [0.2, 0.25) is 5.95 Å². The van der Waals surface area contributed by atoms with Crippen molar-refractivity contribution >= 4 is 5.95 Å². The summed E-state index contributed by atoms with van der Waals surface area (Å²) in [7, 11) is 1.80.